The molecule has 2 rings (SSSR count). The molecule has 0 spiro atoms. The number of methoxy groups -OCH3 is 1. The average Bonchev–Trinajstić information content (AvgIpc) is 2.55. The zero-order valence-electron chi connectivity index (χ0n) is 8.53. The predicted molar refractivity (Wildman–Crippen MR) is 63.3 cm³/mol. The van der Waals surface area contributed by atoms with Crippen molar-refractivity contribution in [2.75, 3.05) is 7.11 Å². The number of hydrogen-bond acceptors (Lipinski definition) is 3. The van der Waals surface area contributed by atoms with Crippen molar-refractivity contribution in [3.8, 4) is 5.75 Å². The molecule has 0 aliphatic heterocycles. The molecular weight excluding hydrogens is 250 g/mol. The molecule has 0 atom stereocenters. The van der Waals surface area contributed by atoms with Crippen molar-refractivity contribution in [1.82, 2.24) is 4.98 Å². The van der Waals surface area contributed by atoms with Gasteiger partial charge < -0.3 is 9.72 Å². The van der Waals surface area contributed by atoms with Crippen LogP contribution in [0.1, 0.15) is 5.69 Å². The first kappa shape index (κ1) is 11.3. The van der Waals surface area contributed by atoms with Gasteiger partial charge in [-0.1, -0.05) is 0 Å². The normalized spacial score (nSPS) is 11.9. The minimum Gasteiger partial charge on any atom is -0.497 e. The Balaban J connectivity index is 2.44. The van der Waals surface area contributed by atoms with Gasteiger partial charge >= 0.3 is 0 Å². The summed E-state index contributed by atoms with van der Waals surface area (Å²) in [6.45, 7) is 0. The molecule has 6 heteroatoms. The van der Waals surface area contributed by atoms with Crippen LogP contribution < -0.4 is 4.74 Å². The molecule has 0 bridgehead atoms. The molecule has 86 valence electrons. The van der Waals surface area contributed by atoms with Crippen molar-refractivity contribution >= 4 is 30.6 Å². The van der Waals surface area contributed by atoms with Gasteiger partial charge in [0.2, 0.25) is 9.05 Å². The van der Waals surface area contributed by atoms with E-state index in [0.29, 0.717) is 5.69 Å². The van der Waals surface area contributed by atoms with Gasteiger partial charge in [0.05, 0.1) is 7.11 Å². The first-order valence-electron chi connectivity index (χ1n) is 4.56. The fraction of sp³-hybridized carbons (Fsp3) is 0.200. The third-order valence-electron chi connectivity index (χ3n) is 2.21. The highest BCUT2D eigenvalue weighted by atomic mass is 35.7. The zero-order valence-corrected chi connectivity index (χ0v) is 10.1. The Bertz CT molecular complexity index is 618. The molecule has 0 saturated heterocycles. The van der Waals surface area contributed by atoms with Crippen molar-refractivity contribution < 1.29 is 13.2 Å². The zero-order chi connectivity index (χ0) is 11.8. The minimum atomic E-state index is -3.53. The number of rotatable bonds is 3. The second-order valence-electron chi connectivity index (χ2n) is 3.43. The number of H-pyrrole nitrogens is 1. The second kappa shape index (κ2) is 3.99. The standard InChI is InChI=1S/C10H10ClNO3S/c1-15-9-3-2-7-4-8(6-16(11,13)14)12-10(7)5-9/h2-5,12H,6H2,1H3. The van der Waals surface area contributed by atoms with Crippen LogP contribution in [0.4, 0.5) is 0 Å². The summed E-state index contributed by atoms with van der Waals surface area (Å²) in [4.78, 5) is 2.98. The molecule has 1 heterocycles. The van der Waals surface area contributed by atoms with Gasteiger partial charge in [-0.2, -0.15) is 0 Å². The van der Waals surface area contributed by atoms with Crippen molar-refractivity contribution in [2.24, 2.45) is 0 Å². The number of benzene rings is 1. The van der Waals surface area contributed by atoms with E-state index in [1.54, 1.807) is 19.2 Å². The Morgan fingerprint density at radius 1 is 1.38 bits per heavy atom. The van der Waals surface area contributed by atoms with Gasteiger partial charge in [-0.25, -0.2) is 8.42 Å². The summed E-state index contributed by atoms with van der Waals surface area (Å²) in [5, 5.41) is 0.927. The fourth-order valence-electron chi connectivity index (χ4n) is 1.56. The SMILES string of the molecule is COc1ccc2cc(CS(=O)(=O)Cl)[nH]c2c1. The van der Waals surface area contributed by atoms with Gasteiger partial charge in [-0.3, -0.25) is 0 Å². The highest BCUT2D eigenvalue weighted by molar-refractivity contribution is 8.13. The second-order valence-corrected chi connectivity index (χ2v) is 6.21. The number of halogens is 1. The lowest BCUT2D eigenvalue weighted by molar-refractivity contribution is 0.415. The van der Waals surface area contributed by atoms with Crippen LogP contribution in [0, 0.1) is 0 Å². The van der Waals surface area contributed by atoms with Crippen LogP contribution in [-0.2, 0) is 14.8 Å². The molecule has 0 fully saturated rings. The third kappa shape index (κ3) is 2.48. The van der Waals surface area contributed by atoms with Gasteiger partial charge in [-0.15, -0.1) is 0 Å². The molecule has 16 heavy (non-hydrogen) atoms. The molecular formula is C10H10ClNO3S. The predicted octanol–water partition coefficient (Wildman–Crippen LogP) is 2.25. The van der Waals surface area contributed by atoms with Gasteiger partial charge in [0.15, 0.2) is 0 Å². The topological polar surface area (TPSA) is 59.2 Å². The van der Waals surface area contributed by atoms with E-state index in [0.717, 1.165) is 16.7 Å². The number of aromatic amines is 1. The number of fused-ring (bicyclic) bond motifs is 1. The van der Waals surface area contributed by atoms with Crippen LogP contribution in [0.15, 0.2) is 24.3 Å². The number of hydrogen-bond donors (Lipinski definition) is 1. The molecule has 0 saturated carbocycles. The van der Waals surface area contributed by atoms with E-state index < -0.39 is 9.05 Å². The maximum Gasteiger partial charge on any atom is 0.238 e. The lowest BCUT2D eigenvalue weighted by Crippen LogP contribution is -1.94. The largest absolute Gasteiger partial charge is 0.497 e. The highest BCUT2D eigenvalue weighted by Gasteiger charge is 2.10. The molecule has 0 aliphatic carbocycles. The smallest absolute Gasteiger partial charge is 0.238 e. The van der Waals surface area contributed by atoms with E-state index in [1.807, 2.05) is 12.1 Å². The van der Waals surface area contributed by atoms with Crippen LogP contribution in [-0.4, -0.2) is 20.5 Å². The van der Waals surface area contributed by atoms with Crippen LogP contribution in [0.5, 0.6) is 5.75 Å². The lowest BCUT2D eigenvalue weighted by Gasteiger charge is -1.97. The Morgan fingerprint density at radius 2 is 2.12 bits per heavy atom. The summed E-state index contributed by atoms with van der Waals surface area (Å²) >= 11 is 0. The summed E-state index contributed by atoms with van der Waals surface area (Å²) < 4.78 is 26.9. The Labute approximate surface area is 97.6 Å². The number of ether oxygens (including phenoxy) is 1. The van der Waals surface area contributed by atoms with E-state index in [-0.39, 0.29) is 5.75 Å². The molecule has 0 unspecified atom stereocenters. The maximum atomic E-state index is 10.9. The molecule has 2 aromatic rings. The van der Waals surface area contributed by atoms with Crippen LogP contribution in [0.3, 0.4) is 0 Å². The quantitative estimate of drug-likeness (QED) is 0.860. The summed E-state index contributed by atoms with van der Waals surface area (Å²) in [5.41, 5.74) is 1.40. The molecule has 1 aromatic carbocycles. The summed E-state index contributed by atoms with van der Waals surface area (Å²) in [6, 6.07) is 7.23. The van der Waals surface area contributed by atoms with E-state index >= 15 is 0 Å². The summed E-state index contributed by atoms with van der Waals surface area (Å²) in [7, 11) is 3.23. The highest BCUT2D eigenvalue weighted by Crippen LogP contribution is 2.22. The van der Waals surface area contributed by atoms with E-state index in [9.17, 15) is 8.42 Å². The fourth-order valence-corrected chi connectivity index (χ4v) is 2.44. The first-order chi connectivity index (χ1) is 7.48. The van der Waals surface area contributed by atoms with E-state index in [2.05, 4.69) is 4.98 Å². The van der Waals surface area contributed by atoms with Crippen molar-refractivity contribution in [1.29, 1.82) is 0 Å². The molecule has 1 N–H and O–H groups in total. The Morgan fingerprint density at radius 3 is 2.75 bits per heavy atom. The lowest BCUT2D eigenvalue weighted by atomic mass is 10.2. The first-order valence-corrected chi connectivity index (χ1v) is 7.04. The molecule has 0 amide bonds. The molecule has 4 nitrogen and oxygen atoms in total. The number of aromatic nitrogens is 1. The Kier molecular flexibility index (Phi) is 2.82. The minimum absolute atomic E-state index is 0.203. The maximum absolute atomic E-state index is 10.9. The summed E-state index contributed by atoms with van der Waals surface area (Å²) in [6.07, 6.45) is 0. The van der Waals surface area contributed by atoms with Crippen LogP contribution in [0.25, 0.3) is 10.9 Å². The van der Waals surface area contributed by atoms with Gasteiger partial charge in [0.1, 0.15) is 11.5 Å². The number of nitrogens with one attached hydrogen (secondary N) is 1. The van der Waals surface area contributed by atoms with E-state index in [1.165, 1.54) is 0 Å². The van der Waals surface area contributed by atoms with Gasteiger partial charge in [0.25, 0.3) is 0 Å². The van der Waals surface area contributed by atoms with Crippen molar-refractivity contribution in [3.05, 3.63) is 30.0 Å². The average molecular weight is 260 g/mol. The molecule has 0 radical (unpaired) electrons. The van der Waals surface area contributed by atoms with Gasteiger partial charge in [0, 0.05) is 28.0 Å². The van der Waals surface area contributed by atoms with E-state index in [4.69, 9.17) is 15.4 Å². The molecule has 1 aromatic heterocycles. The molecule has 0 aliphatic rings. The van der Waals surface area contributed by atoms with Crippen LogP contribution in [0.2, 0.25) is 0 Å². The Hall–Kier alpha value is -1.20. The third-order valence-corrected chi connectivity index (χ3v) is 3.20. The van der Waals surface area contributed by atoms with Gasteiger partial charge in [-0.05, 0) is 23.6 Å². The van der Waals surface area contributed by atoms with Crippen molar-refractivity contribution in [2.45, 2.75) is 5.75 Å². The monoisotopic (exact) mass is 259 g/mol. The summed E-state index contributed by atoms with van der Waals surface area (Å²) in [5.74, 6) is 0.514. The van der Waals surface area contributed by atoms with Crippen molar-refractivity contribution in [3.63, 3.8) is 0 Å². The van der Waals surface area contributed by atoms with Crippen LogP contribution >= 0.6 is 10.7 Å².